The third-order valence-corrected chi connectivity index (χ3v) is 7.51. The van der Waals surface area contributed by atoms with Gasteiger partial charge < -0.3 is 4.40 Å². The Labute approximate surface area is 202 Å². The fraction of sp³-hybridized carbons (Fsp3) is 0. The van der Waals surface area contributed by atoms with Crippen LogP contribution < -0.4 is 0 Å². The Balaban J connectivity index is 1.51. The minimum Gasteiger partial charge on any atom is -0.308 e. The third-order valence-electron chi connectivity index (χ3n) is 7.51. The summed E-state index contributed by atoms with van der Waals surface area (Å²) in [4.78, 5) is 0. The van der Waals surface area contributed by atoms with Crippen LogP contribution in [0.4, 0.5) is 0 Å². The van der Waals surface area contributed by atoms with E-state index in [1.165, 1.54) is 71.1 Å². The number of benzene rings is 6. The zero-order chi connectivity index (χ0) is 22.9. The number of fused-ring (bicyclic) bond motifs is 8. The second-order valence-corrected chi connectivity index (χ2v) is 9.36. The van der Waals surface area contributed by atoms with Crippen LogP contribution in [0.5, 0.6) is 0 Å². The topological polar surface area (TPSA) is 4.41 Å². The number of hydrogen-bond acceptors (Lipinski definition) is 0. The molecular formula is C34H21N. The molecule has 8 rings (SSSR count). The van der Waals surface area contributed by atoms with Crippen molar-refractivity contribution in [3.05, 3.63) is 127 Å². The third kappa shape index (κ3) is 2.53. The molecule has 0 spiro atoms. The number of rotatable bonds is 2. The van der Waals surface area contributed by atoms with Crippen LogP contribution in [0.1, 0.15) is 0 Å². The summed E-state index contributed by atoms with van der Waals surface area (Å²) in [6.45, 7) is 0. The maximum Gasteiger partial charge on any atom is 0.0626 e. The van der Waals surface area contributed by atoms with E-state index in [1.54, 1.807) is 0 Å². The van der Waals surface area contributed by atoms with Crippen molar-refractivity contribution in [1.29, 1.82) is 0 Å². The lowest BCUT2D eigenvalue weighted by atomic mass is 9.93. The second-order valence-electron chi connectivity index (χ2n) is 9.36. The Kier molecular flexibility index (Phi) is 3.72. The quantitative estimate of drug-likeness (QED) is 0.251. The molecule has 35 heavy (non-hydrogen) atoms. The van der Waals surface area contributed by atoms with Crippen LogP contribution in [-0.2, 0) is 0 Å². The average Bonchev–Trinajstić information content (AvgIpc) is 3.44. The maximum absolute atomic E-state index is 2.47. The van der Waals surface area contributed by atoms with Crippen LogP contribution in [0.2, 0.25) is 0 Å². The summed E-state index contributed by atoms with van der Waals surface area (Å²) in [5.74, 6) is 0. The molecular weight excluding hydrogens is 422 g/mol. The molecule has 1 heteroatoms. The van der Waals surface area contributed by atoms with Gasteiger partial charge >= 0.3 is 0 Å². The highest BCUT2D eigenvalue weighted by atomic mass is 14.9. The normalized spacial score (nSPS) is 12.0. The van der Waals surface area contributed by atoms with Crippen molar-refractivity contribution in [2.24, 2.45) is 0 Å². The van der Waals surface area contributed by atoms with Crippen LogP contribution in [0.15, 0.2) is 127 Å². The summed E-state index contributed by atoms with van der Waals surface area (Å²) in [6.07, 6.45) is 0. The molecule has 0 amide bonds. The largest absolute Gasteiger partial charge is 0.308 e. The van der Waals surface area contributed by atoms with Gasteiger partial charge in [-0.05, 0) is 57.3 Å². The van der Waals surface area contributed by atoms with Crippen molar-refractivity contribution in [3.8, 4) is 22.3 Å². The highest BCUT2D eigenvalue weighted by Crippen LogP contribution is 2.44. The van der Waals surface area contributed by atoms with E-state index in [1.807, 2.05) is 0 Å². The molecule has 6 aromatic carbocycles. The molecule has 0 saturated carbocycles. The molecule has 0 radical (unpaired) electrons. The van der Waals surface area contributed by atoms with E-state index in [0.717, 1.165) is 0 Å². The first-order chi connectivity index (χ1) is 17.4. The first-order valence-corrected chi connectivity index (χ1v) is 12.1. The van der Waals surface area contributed by atoms with Gasteiger partial charge in [0.25, 0.3) is 0 Å². The van der Waals surface area contributed by atoms with E-state index < -0.39 is 0 Å². The second kappa shape index (κ2) is 6.94. The standard InChI is InChI=1S/C34H21N/c1-2-10-22(11-3-1)25-13-6-7-14-26(25)24-18-19-32-29(20-24)30-21-23-12-4-5-15-27(23)33-28-16-8-9-17-31(28)35(32)34(30)33/h1-21H. The van der Waals surface area contributed by atoms with Crippen molar-refractivity contribution in [2.45, 2.75) is 0 Å². The van der Waals surface area contributed by atoms with E-state index in [0.29, 0.717) is 0 Å². The monoisotopic (exact) mass is 443 g/mol. The highest BCUT2D eigenvalue weighted by Gasteiger charge is 2.20. The van der Waals surface area contributed by atoms with Gasteiger partial charge in [-0.25, -0.2) is 0 Å². The van der Waals surface area contributed by atoms with E-state index in [-0.39, 0.29) is 0 Å². The van der Waals surface area contributed by atoms with Gasteiger partial charge in [0, 0.05) is 21.5 Å². The fourth-order valence-electron chi connectivity index (χ4n) is 6.02. The van der Waals surface area contributed by atoms with Crippen LogP contribution in [0.25, 0.3) is 71.1 Å². The zero-order valence-electron chi connectivity index (χ0n) is 19.1. The van der Waals surface area contributed by atoms with E-state index in [9.17, 15) is 0 Å². The van der Waals surface area contributed by atoms with Gasteiger partial charge in [-0.2, -0.15) is 0 Å². The van der Waals surface area contributed by atoms with Crippen molar-refractivity contribution >= 4 is 48.9 Å². The summed E-state index contributed by atoms with van der Waals surface area (Å²) in [5.41, 5.74) is 8.89. The lowest BCUT2D eigenvalue weighted by Gasteiger charge is -2.11. The van der Waals surface area contributed by atoms with Crippen LogP contribution in [0, 0.1) is 0 Å². The number of nitrogens with zero attached hydrogens (tertiary/aromatic N) is 1. The van der Waals surface area contributed by atoms with Gasteiger partial charge in [-0.1, -0.05) is 103 Å². The number of para-hydroxylation sites is 1. The molecule has 0 N–H and O–H groups in total. The Hall–Kier alpha value is -4.62. The van der Waals surface area contributed by atoms with Crippen molar-refractivity contribution in [2.75, 3.05) is 0 Å². The molecule has 0 bridgehead atoms. The Morgan fingerprint density at radius 3 is 1.91 bits per heavy atom. The molecule has 0 saturated heterocycles. The molecule has 0 aliphatic rings. The minimum atomic E-state index is 1.24. The first kappa shape index (κ1) is 18.8. The predicted molar refractivity (Wildman–Crippen MR) is 149 cm³/mol. The molecule has 2 aromatic heterocycles. The van der Waals surface area contributed by atoms with Gasteiger partial charge in [0.2, 0.25) is 0 Å². The molecule has 0 aliphatic heterocycles. The highest BCUT2D eigenvalue weighted by molar-refractivity contribution is 6.31. The smallest absolute Gasteiger partial charge is 0.0626 e. The van der Waals surface area contributed by atoms with Crippen molar-refractivity contribution in [3.63, 3.8) is 0 Å². The van der Waals surface area contributed by atoms with E-state index >= 15 is 0 Å². The fourth-order valence-corrected chi connectivity index (χ4v) is 6.02. The molecule has 0 aliphatic carbocycles. The van der Waals surface area contributed by atoms with Crippen LogP contribution in [-0.4, -0.2) is 4.40 Å². The summed E-state index contributed by atoms with van der Waals surface area (Å²) in [7, 11) is 0. The lowest BCUT2D eigenvalue weighted by Crippen LogP contribution is -1.86. The van der Waals surface area contributed by atoms with Gasteiger partial charge in [0.05, 0.1) is 16.6 Å². The number of hydrogen-bond donors (Lipinski definition) is 0. The van der Waals surface area contributed by atoms with Crippen molar-refractivity contribution in [1.82, 2.24) is 4.40 Å². The van der Waals surface area contributed by atoms with Crippen LogP contribution >= 0.6 is 0 Å². The molecule has 0 fully saturated rings. The van der Waals surface area contributed by atoms with Gasteiger partial charge in [-0.3, -0.25) is 0 Å². The Bertz CT molecular complexity index is 2040. The molecule has 0 atom stereocenters. The summed E-state index contributed by atoms with van der Waals surface area (Å²) < 4.78 is 2.47. The van der Waals surface area contributed by atoms with Crippen LogP contribution in [0.3, 0.4) is 0 Å². The van der Waals surface area contributed by atoms with Crippen molar-refractivity contribution < 1.29 is 0 Å². The van der Waals surface area contributed by atoms with E-state index in [2.05, 4.69) is 132 Å². The average molecular weight is 444 g/mol. The molecule has 2 heterocycles. The Morgan fingerprint density at radius 2 is 1.06 bits per heavy atom. The van der Waals surface area contributed by atoms with Gasteiger partial charge in [0.15, 0.2) is 0 Å². The zero-order valence-corrected chi connectivity index (χ0v) is 19.1. The summed E-state index contributed by atoms with van der Waals surface area (Å²) in [5, 5.41) is 7.93. The molecule has 162 valence electrons. The maximum atomic E-state index is 2.47. The van der Waals surface area contributed by atoms with E-state index in [4.69, 9.17) is 0 Å². The first-order valence-electron chi connectivity index (χ1n) is 12.1. The molecule has 1 nitrogen and oxygen atoms in total. The SMILES string of the molecule is c1ccc(-c2ccccc2-c2ccc3c(c2)c2cc4ccccc4c4c5ccccc5n3c24)cc1. The molecule has 0 unspecified atom stereocenters. The summed E-state index contributed by atoms with van der Waals surface area (Å²) in [6, 6.07) is 46.4. The lowest BCUT2D eigenvalue weighted by molar-refractivity contribution is 1.37. The number of aromatic nitrogens is 1. The Morgan fingerprint density at radius 1 is 0.400 bits per heavy atom. The van der Waals surface area contributed by atoms with Gasteiger partial charge in [0.1, 0.15) is 0 Å². The molecule has 8 aromatic rings. The summed E-state index contributed by atoms with van der Waals surface area (Å²) >= 11 is 0. The van der Waals surface area contributed by atoms with Gasteiger partial charge in [-0.15, -0.1) is 0 Å². The minimum absolute atomic E-state index is 1.24. The predicted octanol–water partition coefficient (Wildman–Crippen LogP) is 9.32.